The molecule has 0 N–H and O–H groups in total. The molecule has 0 atom stereocenters. The maximum absolute atomic E-state index is 11.9. The van der Waals surface area contributed by atoms with Crippen molar-refractivity contribution in [3.63, 3.8) is 0 Å². The number of benzene rings is 1. The molecule has 0 bridgehead atoms. The first kappa shape index (κ1) is 14.5. The molecule has 0 saturated heterocycles. The number of methoxy groups -OCH3 is 1. The van der Waals surface area contributed by atoms with Crippen LogP contribution in [0.3, 0.4) is 0 Å². The molecule has 1 aliphatic rings. The van der Waals surface area contributed by atoms with Crippen LogP contribution in [0.5, 0.6) is 5.75 Å². The lowest BCUT2D eigenvalue weighted by Crippen LogP contribution is -2.31. The molecule has 1 aromatic carbocycles. The van der Waals surface area contributed by atoms with Crippen molar-refractivity contribution in [1.29, 1.82) is 0 Å². The highest BCUT2D eigenvalue weighted by Gasteiger charge is 2.35. The van der Waals surface area contributed by atoms with Gasteiger partial charge in [-0.25, -0.2) is 8.42 Å². The van der Waals surface area contributed by atoms with E-state index in [1.807, 2.05) is 0 Å². The van der Waals surface area contributed by atoms with Gasteiger partial charge in [0.15, 0.2) is 0 Å². The molecule has 1 heterocycles. The number of anilines is 1. The Kier molecular flexibility index (Phi) is 3.80. The summed E-state index contributed by atoms with van der Waals surface area (Å²) in [5, 5.41) is 0. The highest BCUT2D eigenvalue weighted by atomic mass is 32.2. The molecule has 0 saturated carbocycles. The summed E-state index contributed by atoms with van der Waals surface area (Å²) >= 11 is 0. The van der Waals surface area contributed by atoms with Crippen molar-refractivity contribution < 1.29 is 22.7 Å². The summed E-state index contributed by atoms with van der Waals surface area (Å²) in [7, 11) is -1.60. The quantitative estimate of drug-likeness (QED) is 0.746. The summed E-state index contributed by atoms with van der Waals surface area (Å²) in [6.45, 7) is 0.205. The fourth-order valence-electron chi connectivity index (χ4n) is 2.11. The van der Waals surface area contributed by atoms with E-state index in [0.29, 0.717) is 23.4 Å². The number of sulfone groups is 1. The molecule has 7 heteroatoms. The molecule has 0 aromatic heterocycles. The molecule has 0 unspecified atom stereocenters. The number of amides is 1. The van der Waals surface area contributed by atoms with Crippen molar-refractivity contribution in [2.24, 2.45) is 0 Å². The largest absolute Gasteiger partial charge is 0.497 e. The number of ether oxygens (including phenoxy) is 1. The molecule has 108 valence electrons. The van der Waals surface area contributed by atoms with Gasteiger partial charge < -0.3 is 9.64 Å². The molecule has 2 rings (SSSR count). The zero-order valence-electron chi connectivity index (χ0n) is 11.3. The van der Waals surface area contributed by atoms with Crippen molar-refractivity contribution in [3.05, 3.63) is 23.8 Å². The van der Waals surface area contributed by atoms with Crippen LogP contribution < -0.4 is 9.64 Å². The first-order chi connectivity index (χ1) is 9.33. The van der Waals surface area contributed by atoms with E-state index in [1.165, 1.54) is 18.1 Å². The van der Waals surface area contributed by atoms with Crippen molar-refractivity contribution >= 4 is 27.2 Å². The molecule has 0 fully saturated rings. The van der Waals surface area contributed by atoms with E-state index < -0.39 is 21.5 Å². The topological polar surface area (TPSA) is 80.8 Å². The third-order valence-corrected chi connectivity index (χ3v) is 4.11. The van der Waals surface area contributed by atoms with Crippen LogP contribution in [0.2, 0.25) is 0 Å². The molecule has 1 aliphatic heterocycles. The van der Waals surface area contributed by atoms with E-state index in [-0.39, 0.29) is 12.3 Å². The van der Waals surface area contributed by atoms with Crippen molar-refractivity contribution in [2.75, 3.05) is 30.6 Å². The van der Waals surface area contributed by atoms with Crippen LogP contribution in [0, 0.1) is 0 Å². The average Bonchev–Trinajstić information content (AvgIpc) is 2.62. The standard InChI is InChI=1S/C13H15NO5S/c1-19-9-4-5-11-10(8-9)12(15)13(16)14(11)6-3-7-20(2,17)18/h4-5,8H,3,6-7H2,1-2H3. The Balaban J connectivity index is 2.21. The zero-order chi connectivity index (χ0) is 14.9. The fourth-order valence-corrected chi connectivity index (χ4v) is 2.77. The third kappa shape index (κ3) is 2.82. The highest BCUT2D eigenvalue weighted by Crippen LogP contribution is 2.32. The lowest BCUT2D eigenvalue weighted by molar-refractivity contribution is -0.114. The number of Topliss-reactive ketones (excluding diaryl/α,β-unsaturated/α-hetero) is 1. The lowest BCUT2D eigenvalue weighted by Gasteiger charge is -2.16. The number of hydrogen-bond acceptors (Lipinski definition) is 5. The second-order valence-corrected chi connectivity index (χ2v) is 6.91. The van der Waals surface area contributed by atoms with Crippen LogP contribution >= 0.6 is 0 Å². The smallest absolute Gasteiger partial charge is 0.299 e. The van der Waals surface area contributed by atoms with Gasteiger partial charge in [-0.3, -0.25) is 9.59 Å². The van der Waals surface area contributed by atoms with Gasteiger partial charge >= 0.3 is 0 Å². The molecule has 0 aliphatic carbocycles. The molecular formula is C13H15NO5S. The Labute approximate surface area is 117 Å². The average molecular weight is 297 g/mol. The number of nitrogens with zero attached hydrogens (tertiary/aromatic N) is 1. The SMILES string of the molecule is COc1ccc2c(c1)C(=O)C(=O)N2CCCS(C)(=O)=O. The Bertz CT molecular complexity index is 665. The molecular weight excluding hydrogens is 282 g/mol. The van der Waals surface area contributed by atoms with Gasteiger partial charge in [-0.2, -0.15) is 0 Å². The number of hydrogen-bond donors (Lipinski definition) is 0. The molecule has 20 heavy (non-hydrogen) atoms. The van der Waals surface area contributed by atoms with Crippen molar-refractivity contribution in [3.8, 4) is 5.75 Å². The van der Waals surface area contributed by atoms with E-state index >= 15 is 0 Å². The van der Waals surface area contributed by atoms with E-state index in [2.05, 4.69) is 0 Å². The Morgan fingerprint density at radius 2 is 1.95 bits per heavy atom. The first-order valence-electron chi connectivity index (χ1n) is 6.05. The zero-order valence-corrected chi connectivity index (χ0v) is 12.1. The molecule has 6 nitrogen and oxygen atoms in total. The number of rotatable bonds is 5. The normalized spacial score (nSPS) is 14.6. The second-order valence-electron chi connectivity index (χ2n) is 4.65. The van der Waals surface area contributed by atoms with Crippen LogP contribution in [0.25, 0.3) is 0 Å². The fraction of sp³-hybridized carbons (Fsp3) is 0.385. The number of ketones is 1. The predicted molar refractivity (Wildman–Crippen MR) is 74.0 cm³/mol. The van der Waals surface area contributed by atoms with Crippen LogP contribution in [-0.2, 0) is 14.6 Å². The molecule has 1 aromatic rings. The maximum Gasteiger partial charge on any atom is 0.299 e. The number of carbonyl (C=O) groups is 2. The minimum Gasteiger partial charge on any atom is -0.497 e. The van der Waals surface area contributed by atoms with Crippen LogP contribution in [0.15, 0.2) is 18.2 Å². The van der Waals surface area contributed by atoms with Gasteiger partial charge in [0.25, 0.3) is 11.7 Å². The van der Waals surface area contributed by atoms with Gasteiger partial charge in [0.1, 0.15) is 15.6 Å². The van der Waals surface area contributed by atoms with Crippen LogP contribution in [0.4, 0.5) is 5.69 Å². The van der Waals surface area contributed by atoms with Crippen molar-refractivity contribution in [1.82, 2.24) is 0 Å². The van der Waals surface area contributed by atoms with Gasteiger partial charge in [-0.15, -0.1) is 0 Å². The highest BCUT2D eigenvalue weighted by molar-refractivity contribution is 7.90. The van der Waals surface area contributed by atoms with Gasteiger partial charge in [-0.05, 0) is 24.6 Å². The lowest BCUT2D eigenvalue weighted by atomic mass is 10.1. The van der Waals surface area contributed by atoms with E-state index in [1.54, 1.807) is 12.1 Å². The van der Waals surface area contributed by atoms with Crippen LogP contribution in [-0.4, -0.2) is 45.8 Å². The summed E-state index contributed by atoms with van der Waals surface area (Å²) in [5.41, 5.74) is 0.808. The van der Waals surface area contributed by atoms with E-state index in [0.717, 1.165) is 6.26 Å². The van der Waals surface area contributed by atoms with Gasteiger partial charge in [0.05, 0.1) is 24.1 Å². The van der Waals surface area contributed by atoms with Gasteiger partial charge in [-0.1, -0.05) is 0 Å². The first-order valence-corrected chi connectivity index (χ1v) is 8.11. The monoisotopic (exact) mass is 297 g/mol. The minimum absolute atomic E-state index is 0.0174. The summed E-state index contributed by atoms with van der Waals surface area (Å²) in [6.07, 6.45) is 1.44. The second kappa shape index (κ2) is 5.24. The summed E-state index contributed by atoms with van der Waals surface area (Å²) in [6, 6.07) is 4.82. The molecule has 0 radical (unpaired) electrons. The van der Waals surface area contributed by atoms with Crippen LogP contribution in [0.1, 0.15) is 16.8 Å². The van der Waals surface area contributed by atoms with Gasteiger partial charge in [0, 0.05) is 12.8 Å². The maximum atomic E-state index is 11.9. The minimum atomic E-state index is -3.08. The molecule has 1 amide bonds. The number of fused-ring (bicyclic) bond motifs is 1. The van der Waals surface area contributed by atoms with Crippen molar-refractivity contribution in [2.45, 2.75) is 6.42 Å². The number of carbonyl (C=O) groups excluding carboxylic acids is 2. The summed E-state index contributed by atoms with van der Waals surface area (Å²) in [4.78, 5) is 25.1. The Hall–Kier alpha value is -1.89. The Morgan fingerprint density at radius 1 is 1.25 bits per heavy atom. The summed E-state index contributed by atoms with van der Waals surface area (Å²) in [5.74, 6) is -0.723. The van der Waals surface area contributed by atoms with E-state index in [4.69, 9.17) is 4.74 Å². The Morgan fingerprint density at radius 3 is 2.55 bits per heavy atom. The van der Waals surface area contributed by atoms with E-state index in [9.17, 15) is 18.0 Å². The third-order valence-electron chi connectivity index (χ3n) is 3.08. The van der Waals surface area contributed by atoms with Gasteiger partial charge in [0.2, 0.25) is 0 Å². The predicted octanol–water partition coefficient (Wildman–Crippen LogP) is 0.659. The summed E-state index contributed by atoms with van der Waals surface area (Å²) < 4.78 is 27.2. The molecule has 0 spiro atoms.